The van der Waals surface area contributed by atoms with Gasteiger partial charge in [0, 0.05) is 28.0 Å². The van der Waals surface area contributed by atoms with Crippen molar-refractivity contribution in [1.82, 2.24) is 4.90 Å². The van der Waals surface area contributed by atoms with Crippen LogP contribution in [0.3, 0.4) is 0 Å². The van der Waals surface area contributed by atoms with E-state index in [9.17, 15) is 4.79 Å². The van der Waals surface area contributed by atoms with Crippen LogP contribution in [0.25, 0.3) is 0 Å². The SMILES string of the molecule is CCC(=O)[C@H]1[C@@H](c2ccc(I)cc2)CC2CC[C@@H]1N2C. The second-order valence-corrected chi connectivity index (χ2v) is 7.45. The number of rotatable bonds is 3. The molecule has 20 heavy (non-hydrogen) atoms. The number of halogens is 1. The van der Waals surface area contributed by atoms with E-state index in [4.69, 9.17) is 0 Å². The Kier molecular flexibility index (Phi) is 4.18. The van der Waals surface area contributed by atoms with Crippen molar-refractivity contribution in [2.75, 3.05) is 7.05 Å². The molecule has 1 unspecified atom stereocenters. The molecule has 2 heterocycles. The molecule has 3 heteroatoms. The topological polar surface area (TPSA) is 20.3 Å². The molecular formula is C17H22INO. The van der Waals surface area contributed by atoms with E-state index in [0.29, 0.717) is 30.2 Å². The normalized spacial score (nSPS) is 33.4. The third kappa shape index (κ3) is 2.43. The van der Waals surface area contributed by atoms with Crippen molar-refractivity contribution in [2.24, 2.45) is 5.92 Å². The molecule has 0 N–H and O–H groups in total. The first-order valence-electron chi connectivity index (χ1n) is 7.62. The molecule has 1 aromatic rings. The maximum absolute atomic E-state index is 12.5. The smallest absolute Gasteiger partial charge is 0.137 e. The lowest BCUT2D eigenvalue weighted by Crippen LogP contribution is -2.48. The number of benzene rings is 1. The van der Waals surface area contributed by atoms with E-state index in [2.05, 4.69) is 58.8 Å². The predicted molar refractivity (Wildman–Crippen MR) is 89.9 cm³/mol. The van der Waals surface area contributed by atoms with E-state index >= 15 is 0 Å². The number of hydrogen-bond donors (Lipinski definition) is 0. The van der Waals surface area contributed by atoms with Crippen molar-refractivity contribution in [1.29, 1.82) is 0 Å². The Morgan fingerprint density at radius 1 is 1.30 bits per heavy atom. The van der Waals surface area contributed by atoms with Crippen molar-refractivity contribution in [3.63, 3.8) is 0 Å². The van der Waals surface area contributed by atoms with Crippen LogP contribution in [0, 0.1) is 9.49 Å². The minimum absolute atomic E-state index is 0.198. The van der Waals surface area contributed by atoms with Gasteiger partial charge in [-0.25, -0.2) is 0 Å². The van der Waals surface area contributed by atoms with Crippen LogP contribution in [-0.2, 0) is 4.79 Å². The first-order valence-corrected chi connectivity index (χ1v) is 8.69. The fraction of sp³-hybridized carbons (Fsp3) is 0.588. The molecule has 0 aliphatic carbocycles. The highest BCUT2D eigenvalue weighted by atomic mass is 127. The Labute approximate surface area is 135 Å². The monoisotopic (exact) mass is 383 g/mol. The third-order valence-corrected chi connectivity index (χ3v) is 6.01. The van der Waals surface area contributed by atoms with Crippen LogP contribution in [0.1, 0.15) is 44.1 Å². The summed E-state index contributed by atoms with van der Waals surface area (Å²) in [5, 5.41) is 0. The van der Waals surface area contributed by atoms with E-state index < -0.39 is 0 Å². The Hall–Kier alpha value is -0.420. The van der Waals surface area contributed by atoms with Gasteiger partial charge in [0.15, 0.2) is 0 Å². The van der Waals surface area contributed by atoms with Gasteiger partial charge in [-0.05, 0) is 72.5 Å². The maximum atomic E-state index is 12.5. The molecule has 108 valence electrons. The van der Waals surface area contributed by atoms with E-state index in [0.717, 1.165) is 6.42 Å². The van der Waals surface area contributed by atoms with Crippen LogP contribution >= 0.6 is 22.6 Å². The van der Waals surface area contributed by atoms with E-state index in [1.807, 2.05) is 6.92 Å². The molecule has 3 rings (SSSR count). The second-order valence-electron chi connectivity index (χ2n) is 6.20. The van der Waals surface area contributed by atoms with Crippen molar-refractivity contribution >= 4 is 28.4 Å². The highest BCUT2D eigenvalue weighted by molar-refractivity contribution is 14.1. The van der Waals surface area contributed by atoms with Gasteiger partial charge in [-0.3, -0.25) is 9.69 Å². The van der Waals surface area contributed by atoms with Gasteiger partial charge in [0.05, 0.1) is 0 Å². The summed E-state index contributed by atoms with van der Waals surface area (Å²) in [4.78, 5) is 15.0. The summed E-state index contributed by atoms with van der Waals surface area (Å²) in [5.74, 6) is 1.07. The van der Waals surface area contributed by atoms with Gasteiger partial charge in [0.25, 0.3) is 0 Å². The summed E-state index contributed by atoms with van der Waals surface area (Å²) < 4.78 is 1.26. The molecule has 4 atom stereocenters. The van der Waals surface area contributed by atoms with Gasteiger partial charge in [0.1, 0.15) is 5.78 Å². The lowest BCUT2D eigenvalue weighted by molar-refractivity contribution is -0.126. The average Bonchev–Trinajstić information content (AvgIpc) is 2.70. The molecule has 2 aliphatic rings. The third-order valence-electron chi connectivity index (χ3n) is 5.29. The highest BCUT2D eigenvalue weighted by Gasteiger charge is 2.48. The predicted octanol–water partition coefficient (Wildman–Crippen LogP) is 3.84. The fourth-order valence-electron chi connectivity index (χ4n) is 4.19. The molecule has 0 radical (unpaired) electrons. The molecule has 2 aliphatic heterocycles. The summed E-state index contributed by atoms with van der Waals surface area (Å²) in [6.45, 7) is 2.01. The summed E-state index contributed by atoms with van der Waals surface area (Å²) in [6.07, 6.45) is 4.26. The highest BCUT2D eigenvalue weighted by Crippen LogP contribution is 2.46. The molecule has 1 aromatic carbocycles. The zero-order chi connectivity index (χ0) is 14.3. The minimum Gasteiger partial charge on any atom is -0.300 e. The Morgan fingerprint density at radius 2 is 2.00 bits per heavy atom. The van der Waals surface area contributed by atoms with Crippen molar-refractivity contribution in [2.45, 2.75) is 50.6 Å². The van der Waals surface area contributed by atoms with Gasteiger partial charge in [-0.1, -0.05) is 19.1 Å². The number of piperidine rings is 1. The van der Waals surface area contributed by atoms with Gasteiger partial charge in [-0.2, -0.15) is 0 Å². The quantitative estimate of drug-likeness (QED) is 0.740. The Morgan fingerprint density at radius 3 is 2.65 bits per heavy atom. The number of nitrogens with zero attached hydrogens (tertiary/aromatic N) is 1. The standard InChI is InChI=1S/C17H22INO/c1-3-16(20)17-14(11-4-6-12(18)7-5-11)10-13-8-9-15(17)19(13)2/h4-7,13-15,17H,3,8-10H2,1-2H3/t13?,14-,15+,17+/m1/s1. The molecular weight excluding hydrogens is 361 g/mol. The van der Waals surface area contributed by atoms with Gasteiger partial charge < -0.3 is 0 Å². The largest absolute Gasteiger partial charge is 0.300 e. The molecule has 0 saturated carbocycles. The fourth-order valence-corrected chi connectivity index (χ4v) is 4.55. The number of hydrogen-bond acceptors (Lipinski definition) is 2. The number of fused-ring (bicyclic) bond motifs is 2. The molecule has 2 fully saturated rings. The maximum Gasteiger partial charge on any atom is 0.137 e. The van der Waals surface area contributed by atoms with Crippen LogP contribution in [0.5, 0.6) is 0 Å². The van der Waals surface area contributed by atoms with Gasteiger partial charge in [0.2, 0.25) is 0 Å². The zero-order valence-corrected chi connectivity index (χ0v) is 14.3. The number of carbonyl (C=O) groups is 1. The number of carbonyl (C=O) groups excluding carboxylic acids is 1. The second kappa shape index (κ2) is 5.76. The molecule has 0 aromatic heterocycles. The summed E-state index contributed by atoms with van der Waals surface area (Å²) in [6, 6.07) is 9.93. The Bertz CT molecular complexity index is 498. The van der Waals surface area contributed by atoms with E-state index in [1.54, 1.807) is 0 Å². The molecule has 2 saturated heterocycles. The van der Waals surface area contributed by atoms with Crippen molar-refractivity contribution in [3.05, 3.63) is 33.4 Å². The van der Waals surface area contributed by atoms with E-state index in [-0.39, 0.29) is 5.92 Å². The van der Waals surface area contributed by atoms with Crippen molar-refractivity contribution < 1.29 is 4.79 Å². The first kappa shape index (κ1) is 14.5. The van der Waals surface area contributed by atoms with Crippen LogP contribution in [-0.4, -0.2) is 29.8 Å². The van der Waals surface area contributed by atoms with Crippen molar-refractivity contribution in [3.8, 4) is 0 Å². The van der Waals surface area contributed by atoms with Crippen LogP contribution in [0.2, 0.25) is 0 Å². The zero-order valence-electron chi connectivity index (χ0n) is 12.2. The lowest BCUT2D eigenvalue weighted by Gasteiger charge is -2.42. The lowest BCUT2D eigenvalue weighted by atomic mass is 9.73. The molecule has 2 bridgehead atoms. The van der Waals surface area contributed by atoms with Gasteiger partial charge >= 0.3 is 0 Å². The summed E-state index contributed by atoms with van der Waals surface area (Å²) in [7, 11) is 2.21. The summed E-state index contributed by atoms with van der Waals surface area (Å²) in [5.41, 5.74) is 1.36. The molecule has 0 amide bonds. The van der Waals surface area contributed by atoms with Crippen LogP contribution in [0.15, 0.2) is 24.3 Å². The summed E-state index contributed by atoms with van der Waals surface area (Å²) >= 11 is 2.34. The minimum atomic E-state index is 0.198. The molecule has 2 nitrogen and oxygen atoms in total. The van der Waals surface area contributed by atoms with Crippen LogP contribution in [0.4, 0.5) is 0 Å². The first-order chi connectivity index (χ1) is 9.61. The van der Waals surface area contributed by atoms with Crippen LogP contribution < -0.4 is 0 Å². The molecule has 0 spiro atoms. The van der Waals surface area contributed by atoms with E-state index in [1.165, 1.54) is 22.0 Å². The van der Waals surface area contributed by atoms with Gasteiger partial charge in [-0.15, -0.1) is 0 Å². The Balaban J connectivity index is 1.95. The number of Topliss-reactive ketones (excluding diaryl/α,β-unsaturated/α-hetero) is 1. The average molecular weight is 383 g/mol. The number of ketones is 1.